The molecule has 1 saturated heterocycles. The van der Waals surface area contributed by atoms with Gasteiger partial charge in [-0.15, -0.1) is 0 Å². The van der Waals surface area contributed by atoms with Crippen LogP contribution in [-0.4, -0.2) is 13.1 Å². The van der Waals surface area contributed by atoms with Gasteiger partial charge in [0.05, 0.1) is 0 Å². The van der Waals surface area contributed by atoms with E-state index in [2.05, 4.69) is 5.32 Å². The summed E-state index contributed by atoms with van der Waals surface area (Å²) in [6.45, 7) is 2.48. The van der Waals surface area contributed by atoms with Crippen molar-refractivity contribution in [3.05, 3.63) is 5.92 Å². The Morgan fingerprint density at radius 3 is 3.10 bits per heavy atom. The highest BCUT2D eigenvalue weighted by Gasteiger charge is 2.27. The Balaban J connectivity index is 1.93. The molecule has 1 unspecified atom stereocenters. The normalized spacial score (nSPS) is 35.4. The van der Waals surface area contributed by atoms with E-state index in [9.17, 15) is 0 Å². The van der Waals surface area contributed by atoms with Crippen LogP contribution < -0.4 is 5.32 Å². The van der Waals surface area contributed by atoms with Crippen LogP contribution in [-0.2, 0) is 0 Å². The zero-order valence-corrected chi connectivity index (χ0v) is 6.53. The molecular formula is C9H16N. The Morgan fingerprint density at radius 1 is 1.20 bits per heavy atom. The predicted octanol–water partition coefficient (Wildman–Crippen LogP) is 1.74. The lowest BCUT2D eigenvalue weighted by molar-refractivity contribution is 0.318. The third kappa shape index (κ3) is 1.20. The van der Waals surface area contributed by atoms with Gasteiger partial charge in [-0.25, -0.2) is 0 Å². The van der Waals surface area contributed by atoms with E-state index in [0.29, 0.717) is 0 Å². The van der Waals surface area contributed by atoms with Crippen LogP contribution in [0.1, 0.15) is 32.1 Å². The molecule has 2 fully saturated rings. The van der Waals surface area contributed by atoms with Crippen LogP contribution in [0.15, 0.2) is 0 Å². The van der Waals surface area contributed by atoms with Crippen molar-refractivity contribution in [2.75, 3.05) is 13.1 Å². The Hall–Kier alpha value is -0.0400. The molecule has 1 radical (unpaired) electrons. The minimum absolute atomic E-state index is 1.01. The van der Waals surface area contributed by atoms with Crippen LogP contribution >= 0.6 is 0 Å². The summed E-state index contributed by atoms with van der Waals surface area (Å²) < 4.78 is 0. The number of hydrogen-bond acceptors (Lipinski definition) is 1. The minimum atomic E-state index is 1.01. The third-order valence-electron chi connectivity index (χ3n) is 2.90. The van der Waals surface area contributed by atoms with Crippen molar-refractivity contribution in [1.82, 2.24) is 5.32 Å². The van der Waals surface area contributed by atoms with Crippen LogP contribution in [0.25, 0.3) is 0 Å². The van der Waals surface area contributed by atoms with Crippen LogP contribution in [0.4, 0.5) is 0 Å². The molecule has 0 aromatic carbocycles. The molecule has 1 saturated carbocycles. The predicted molar refractivity (Wildman–Crippen MR) is 42.7 cm³/mol. The Bertz CT molecular complexity index is 85.3. The third-order valence-corrected chi connectivity index (χ3v) is 2.90. The summed E-state index contributed by atoms with van der Waals surface area (Å²) in [5.74, 6) is 2.83. The standard InChI is InChI=1S/C9H16N/c1-2-4-9-7-10-6-5-8(9)3-1/h8,10H,1-7H2. The first-order valence-corrected chi connectivity index (χ1v) is 4.52. The Labute approximate surface area is 63.2 Å². The average Bonchev–Trinajstić information content (AvgIpc) is 2.05. The number of nitrogens with one attached hydrogen (secondary N) is 1. The summed E-state index contributed by atoms with van der Waals surface area (Å²) in [7, 11) is 0. The van der Waals surface area contributed by atoms with Gasteiger partial charge in [0.2, 0.25) is 0 Å². The summed E-state index contributed by atoms with van der Waals surface area (Å²) >= 11 is 0. The van der Waals surface area contributed by atoms with Gasteiger partial charge in [0.25, 0.3) is 0 Å². The van der Waals surface area contributed by atoms with Crippen molar-refractivity contribution in [3.63, 3.8) is 0 Å². The van der Waals surface area contributed by atoms with Gasteiger partial charge >= 0.3 is 0 Å². The van der Waals surface area contributed by atoms with Gasteiger partial charge in [-0.2, -0.15) is 0 Å². The molecule has 1 heterocycles. The first-order chi connectivity index (χ1) is 4.97. The molecule has 1 atom stereocenters. The van der Waals surface area contributed by atoms with Crippen LogP contribution in [0.3, 0.4) is 0 Å². The molecule has 0 amide bonds. The molecule has 2 aliphatic rings. The van der Waals surface area contributed by atoms with E-state index < -0.39 is 0 Å². The van der Waals surface area contributed by atoms with Crippen molar-refractivity contribution in [1.29, 1.82) is 0 Å². The van der Waals surface area contributed by atoms with Gasteiger partial charge in [-0.05, 0) is 37.6 Å². The summed E-state index contributed by atoms with van der Waals surface area (Å²) in [5.41, 5.74) is 0. The van der Waals surface area contributed by atoms with E-state index in [1.807, 2.05) is 5.92 Å². The molecule has 1 heteroatoms. The maximum atomic E-state index is 3.45. The first kappa shape index (κ1) is 6.66. The molecule has 0 aromatic rings. The zero-order valence-electron chi connectivity index (χ0n) is 6.53. The lowest BCUT2D eigenvalue weighted by atomic mass is 9.76. The van der Waals surface area contributed by atoms with Crippen molar-refractivity contribution in [3.8, 4) is 0 Å². The second-order valence-corrected chi connectivity index (χ2v) is 3.57. The number of rotatable bonds is 0. The summed E-state index contributed by atoms with van der Waals surface area (Å²) in [5, 5.41) is 3.45. The Kier molecular flexibility index (Phi) is 1.94. The fraction of sp³-hybridized carbons (Fsp3) is 0.889. The number of piperidine rings is 1. The van der Waals surface area contributed by atoms with E-state index in [4.69, 9.17) is 0 Å². The van der Waals surface area contributed by atoms with Crippen molar-refractivity contribution in [2.45, 2.75) is 32.1 Å². The molecule has 10 heavy (non-hydrogen) atoms. The second-order valence-electron chi connectivity index (χ2n) is 3.57. The molecule has 1 N–H and O–H groups in total. The van der Waals surface area contributed by atoms with Gasteiger partial charge in [0.1, 0.15) is 0 Å². The SMILES string of the molecule is C1CCC2CCNC[C]2C1. The molecule has 57 valence electrons. The summed E-state index contributed by atoms with van der Waals surface area (Å²) in [6, 6.07) is 0. The monoisotopic (exact) mass is 138 g/mol. The lowest BCUT2D eigenvalue weighted by Crippen LogP contribution is -2.36. The van der Waals surface area contributed by atoms with Crippen molar-refractivity contribution >= 4 is 0 Å². The van der Waals surface area contributed by atoms with E-state index in [1.165, 1.54) is 45.2 Å². The highest BCUT2D eigenvalue weighted by Crippen LogP contribution is 2.34. The fourth-order valence-electron chi connectivity index (χ4n) is 2.26. The molecule has 1 nitrogen and oxygen atoms in total. The number of fused-ring (bicyclic) bond motifs is 1. The second kappa shape index (κ2) is 2.91. The molecular weight excluding hydrogens is 122 g/mol. The largest absolute Gasteiger partial charge is 0.316 e. The highest BCUT2D eigenvalue weighted by molar-refractivity contribution is 5.03. The van der Waals surface area contributed by atoms with Crippen molar-refractivity contribution < 1.29 is 0 Å². The summed E-state index contributed by atoms with van der Waals surface area (Å²) in [6.07, 6.45) is 7.24. The highest BCUT2D eigenvalue weighted by atomic mass is 14.9. The minimum Gasteiger partial charge on any atom is -0.316 e. The summed E-state index contributed by atoms with van der Waals surface area (Å²) in [4.78, 5) is 0. The van der Waals surface area contributed by atoms with E-state index in [0.717, 1.165) is 5.92 Å². The maximum absolute atomic E-state index is 3.45. The lowest BCUT2D eigenvalue weighted by Gasteiger charge is -2.35. The van der Waals surface area contributed by atoms with Gasteiger partial charge in [-0.1, -0.05) is 12.8 Å². The molecule has 2 rings (SSSR count). The van der Waals surface area contributed by atoms with E-state index in [1.54, 1.807) is 0 Å². The fourth-order valence-corrected chi connectivity index (χ4v) is 2.26. The van der Waals surface area contributed by atoms with Gasteiger partial charge in [0.15, 0.2) is 0 Å². The van der Waals surface area contributed by atoms with Crippen LogP contribution in [0.2, 0.25) is 0 Å². The molecule has 0 aromatic heterocycles. The van der Waals surface area contributed by atoms with Gasteiger partial charge in [0, 0.05) is 6.54 Å². The van der Waals surface area contributed by atoms with Gasteiger partial charge in [-0.3, -0.25) is 0 Å². The average molecular weight is 138 g/mol. The van der Waals surface area contributed by atoms with Crippen LogP contribution in [0, 0.1) is 11.8 Å². The van der Waals surface area contributed by atoms with Crippen LogP contribution in [0.5, 0.6) is 0 Å². The molecule has 1 aliphatic heterocycles. The van der Waals surface area contributed by atoms with Gasteiger partial charge < -0.3 is 5.32 Å². The molecule has 1 aliphatic carbocycles. The van der Waals surface area contributed by atoms with E-state index in [-0.39, 0.29) is 0 Å². The maximum Gasteiger partial charge on any atom is 0.00164 e. The number of hydrogen-bond donors (Lipinski definition) is 1. The zero-order chi connectivity index (χ0) is 6.81. The molecule has 0 spiro atoms. The quantitative estimate of drug-likeness (QED) is 0.537. The van der Waals surface area contributed by atoms with E-state index >= 15 is 0 Å². The topological polar surface area (TPSA) is 12.0 Å². The Morgan fingerprint density at radius 2 is 2.20 bits per heavy atom. The molecule has 0 bridgehead atoms. The smallest absolute Gasteiger partial charge is 0.00164 e. The van der Waals surface area contributed by atoms with Crippen molar-refractivity contribution in [2.24, 2.45) is 5.92 Å². The first-order valence-electron chi connectivity index (χ1n) is 4.52.